The summed E-state index contributed by atoms with van der Waals surface area (Å²) in [5, 5.41) is 7.68. The average Bonchev–Trinajstić information content (AvgIpc) is 2.72. The zero-order valence-corrected chi connectivity index (χ0v) is 13.6. The van der Waals surface area contributed by atoms with E-state index in [9.17, 15) is 4.79 Å². The molecular formula is C14H15BrClN3O. The highest BCUT2D eigenvalue weighted by atomic mass is 79.9. The maximum Gasteiger partial charge on any atom is 0.226 e. The molecule has 106 valence electrons. The molecule has 0 atom stereocenters. The minimum atomic E-state index is -0.0543. The van der Waals surface area contributed by atoms with Crippen molar-refractivity contribution in [3.05, 3.63) is 45.1 Å². The van der Waals surface area contributed by atoms with Crippen molar-refractivity contribution in [1.82, 2.24) is 9.78 Å². The number of nitrogens with zero attached hydrogens (tertiary/aromatic N) is 2. The molecule has 20 heavy (non-hydrogen) atoms. The van der Waals surface area contributed by atoms with Gasteiger partial charge in [-0.3, -0.25) is 9.48 Å². The normalized spacial score (nSPS) is 10.6. The van der Waals surface area contributed by atoms with Gasteiger partial charge in [0.05, 0.1) is 17.2 Å². The molecule has 1 aromatic carbocycles. The summed E-state index contributed by atoms with van der Waals surface area (Å²) in [7, 11) is 0. The Bertz CT molecular complexity index is 639. The third kappa shape index (κ3) is 3.61. The van der Waals surface area contributed by atoms with Gasteiger partial charge in [0.25, 0.3) is 0 Å². The van der Waals surface area contributed by atoms with E-state index >= 15 is 0 Å². The van der Waals surface area contributed by atoms with Gasteiger partial charge in [0, 0.05) is 22.8 Å². The van der Waals surface area contributed by atoms with Crippen LogP contribution >= 0.6 is 27.5 Å². The van der Waals surface area contributed by atoms with Crippen LogP contribution in [0.3, 0.4) is 0 Å². The third-order valence-corrected chi connectivity index (χ3v) is 4.08. The van der Waals surface area contributed by atoms with Crippen LogP contribution in [-0.4, -0.2) is 15.7 Å². The number of rotatable bonds is 4. The Hall–Kier alpha value is -1.33. The summed E-state index contributed by atoms with van der Waals surface area (Å²) < 4.78 is 2.75. The van der Waals surface area contributed by atoms with Gasteiger partial charge in [-0.25, -0.2) is 0 Å². The van der Waals surface area contributed by atoms with E-state index in [0.717, 1.165) is 21.4 Å². The molecule has 0 aliphatic heterocycles. The Kier molecular flexibility index (Phi) is 4.83. The summed E-state index contributed by atoms with van der Waals surface area (Å²) in [6.45, 7) is 4.43. The second-order valence-corrected chi connectivity index (χ2v) is 5.85. The SMILES string of the molecule is Cc1ccc(Cl)cc1NC(=O)CCn1ncc(Br)c1C. The number of halogens is 2. The molecule has 0 saturated heterocycles. The van der Waals surface area contributed by atoms with Crippen LogP contribution in [0, 0.1) is 13.8 Å². The average molecular weight is 357 g/mol. The lowest BCUT2D eigenvalue weighted by atomic mass is 10.2. The van der Waals surface area contributed by atoms with Gasteiger partial charge in [0.1, 0.15) is 0 Å². The first kappa shape index (κ1) is 15.1. The van der Waals surface area contributed by atoms with Crippen LogP contribution in [0.15, 0.2) is 28.9 Å². The highest BCUT2D eigenvalue weighted by Crippen LogP contribution is 2.20. The van der Waals surface area contributed by atoms with Gasteiger partial charge >= 0.3 is 0 Å². The van der Waals surface area contributed by atoms with Crippen LogP contribution in [0.5, 0.6) is 0 Å². The summed E-state index contributed by atoms with van der Waals surface area (Å²) >= 11 is 9.32. The standard InChI is InChI=1S/C14H15BrClN3O/c1-9-3-4-11(16)7-13(9)18-14(20)5-6-19-10(2)12(15)8-17-19/h3-4,7-8H,5-6H2,1-2H3,(H,18,20). The van der Waals surface area contributed by atoms with Crippen molar-refractivity contribution in [1.29, 1.82) is 0 Å². The van der Waals surface area contributed by atoms with Crippen molar-refractivity contribution in [2.24, 2.45) is 0 Å². The van der Waals surface area contributed by atoms with E-state index < -0.39 is 0 Å². The predicted octanol–water partition coefficient (Wildman–Crippen LogP) is 3.94. The molecule has 1 heterocycles. The zero-order chi connectivity index (χ0) is 14.7. The highest BCUT2D eigenvalue weighted by molar-refractivity contribution is 9.10. The molecule has 0 aliphatic rings. The largest absolute Gasteiger partial charge is 0.326 e. The summed E-state index contributed by atoms with van der Waals surface area (Å²) in [5.74, 6) is -0.0543. The quantitative estimate of drug-likeness (QED) is 0.902. The van der Waals surface area contributed by atoms with Crippen LogP contribution in [0.1, 0.15) is 17.7 Å². The molecule has 0 unspecified atom stereocenters. The van der Waals surface area contributed by atoms with Gasteiger partial charge in [-0.2, -0.15) is 5.10 Å². The van der Waals surface area contributed by atoms with Crippen LogP contribution in [-0.2, 0) is 11.3 Å². The van der Waals surface area contributed by atoms with Crippen molar-refractivity contribution >= 4 is 39.1 Å². The second kappa shape index (κ2) is 6.41. The Morgan fingerprint density at radius 2 is 2.20 bits per heavy atom. The zero-order valence-electron chi connectivity index (χ0n) is 11.3. The molecule has 0 saturated carbocycles. The third-order valence-electron chi connectivity index (χ3n) is 3.07. The number of aryl methyl sites for hydroxylation is 2. The van der Waals surface area contributed by atoms with Gasteiger partial charge < -0.3 is 5.32 Å². The number of anilines is 1. The molecule has 1 amide bonds. The summed E-state index contributed by atoms with van der Waals surface area (Å²) in [6.07, 6.45) is 2.09. The number of amides is 1. The minimum absolute atomic E-state index is 0.0543. The van der Waals surface area contributed by atoms with Crippen molar-refractivity contribution in [3.63, 3.8) is 0 Å². The van der Waals surface area contributed by atoms with Gasteiger partial charge in [0.15, 0.2) is 0 Å². The van der Waals surface area contributed by atoms with Crippen molar-refractivity contribution in [2.45, 2.75) is 26.8 Å². The number of nitrogens with one attached hydrogen (secondary N) is 1. The highest BCUT2D eigenvalue weighted by Gasteiger charge is 2.08. The fourth-order valence-electron chi connectivity index (χ4n) is 1.80. The Labute approximate surface area is 131 Å². The van der Waals surface area contributed by atoms with E-state index in [2.05, 4.69) is 26.3 Å². The van der Waals surface area contributed by atoms with Gasteiger partial charge in [-0.1, -0.05) is 17.7 Å². The number of benzene rings is 1. The molecule has 2 aromatic rings. The number of carbonyl (C=O) groups is 1. The second-order valence-electron chi connectivity index (χ2n) is 4.56. The van der Waals surface area contributed by atoms with Crippen molar-refractivity contribution in [3.8, 4) is 0 Å². The summed E-state index contributed by atoms with van der Waals surface area (Å²) in [4.78, 5) is 12.0. The van der Waals surface area contributed by atoms with Gasteiger partial charge in [-0.05, 0) is 47.5 Å². The van der Waals surface area contributed by atoms with E-state index in [1.165, 1.54) is 0 Å². The van der Waals surface area contributed by atoms with Gasteiger partial charge in [-0.15, -0.1) is 0 Å². The molecule has 0 radical (unpaired) electrons. The number of aromatic nitrogens is 2. The minimum Gasteiger partial charge on any atom is -0.326 e. The lowest BCUT2D eigenvalue weighted by Crippen LogP contribution is -2.16. The molecule has 0 fully saturated rings. The predicted molar refractivity (Wildman–Crippen MR) is 84.1 cm³/mol. The summed E-state index contributed by atoms with van der Waals surface area (Å²) in [5.41, 5.74) is 2.75. The fraction of sp³-hybridized carbons (Fsp3) is 0.286. The first-order valence-corrected chi connectivity index (χ1v) is 7.38. The Morgan fingerprint density at radius 1 is 1.45 bits per heavy atom. The number of carbonyl (C=O) groups excluding carboxylic acids is 1. The van der Waals surface area contributed by atoms with E-state index in [1.807, 2.05) is 19.9 Å². The fourth-order valence-corrected chi connectivity index (χ4v) is 2.27. The molecule has 1 N–H and O–H groups in total. The first-order valence-electron chi connectivity index (χ1n) is 6.21. The number of hydrogen-bond acceptors (Lipinski definition) is 2. The number of hydrogen-bond donors (Lipinski definition) is 1. The lowest BCUT2D eigenvalue weighted by molar-refractivity contribution is -0.116. The van der Waals surface area contributed by atoms with Crippen molar-refractivity contribution in [2.75, 3.05) is 5.32 Å². The van der Waals surface area contributed by atoms with Crippen LogP contribution in [0.2, 0.25) is 5.02 Å². The maximum atomic E-state index is 12.0. The summed E-state index contributed by atoms with van der Waals surface area (Å²) in [6, 6.07) is 5.44. The smallest absolute Gasteiger partial charge is 0.226 e. The monoisotopic (exact) mass is 355 g/mol. The molecule has 2 rings (SSSR count). The van der Waals surface area contributed by atoms with Crippen LogP contribution in [0.25, 0.3) is 0 Å². The van der Waals surface area contributed by atoms with Crippen LogP contribution in [0.4, 0.5) is 5.69 Å². The lowest BCUT2D eigenvalue weighted by Gasteiger charge is -2.09. The molecule has 1 aromatic heterocycles. The molecule has 0 spiro atoms. The molecule has 0 aliphatic carbocycles. The van der Waals surface area contributed by atoms with E-state index in [4.69, 9.17) is 11.6 Å². The van der Waals surface area contributed by atoms with Crippen LogP contribution < -0.4 is 5.32 Å². The van der Waals surface area contributed by atoms with E-state index in [-0.39, 0.29) is 5.91 Å². The van der Waals surface area contributed by atoms with Crippen molar-refractivity contribution < 1.29 is 4.79 Å². The Balaban J connectivity index is 1.96. The Morgan fingerprint density at radius 3 is 2.85 bits per heavy atom. The molecule has 4 nitrogen and oxygen atoms in total. The molecule has 6 heteroatoms. The molecule has 0 bridgehead atoms. The molecular weight excluding hydrogens is 342 g/mol. The maximum absolute atomic E-state index is 12.0. The first-order chi connectivity index (χ1) is 9.47. The van der Waals surface area contributed by atoms with E-state index in [0.29, 0.717) is 18.0 Å². The van der Waals surface area contributed by atoms with E-state index in [1.54, 1.807) is 23.0 Å². The van der Waals surface area contributed by atoms with Gasteiger partial charge in [0.2, 0.25) is 5.91 Å². The topological polar surface area (TPSA) is 46.9 Å².